The van der Waals surface area contributed by atoms with Gasteiger partial charge < -0.3 is 24.8 Å². The molecule has 1 atom stereocenters. The Balaban J connectivity index is 1.80. The lowest BCUT2D eigenvalue weighted by Crippen LogP contribution is -2.32. The predicted octanol–water partition coefficient (Wildman–Crippen LogP) is 3.10. The number of ether oxygens (including phenoxy) is 3. The largest absolute Gasteiger partial charge is 0.493 e. The summed E-state index contributed by atoms with van der Waals surface area (Å²) in [5.74, 6) is 0.422. The van der Waals surface area contributed by atoms with Gasteiger partial charge in [-0.1, -0.05) is 42.1 Å². The SMILES string of the molecule is COc1cc(C2CC(=O)NC(SCC(=O)NCc3ccccc3)=C2C#N)cc(OC)c1OC. The van der Waals surface area contributed by atoms with Gasteiger partial charge in [0.1, 0.15) is 0 Å². The van der Waals surface area contributed by atoms with Crippen LogP contribution in [0.25, 0.3) is 0 Å². The van der Waals surface area contributed by atoms with Crippen LogP contribution < -0.4 is 24.8 Å². The molecule has 2 N–H and O–H groups in total. The monoisotopic (exact) mass is 467 g/mol. The Labute approximate surface area is 196 Å². The zero-order valence-electron chi connectivity index (χ0n) is 18.6. The van der Waals surface area contributed by atoms with Gasteiger partial charge in [-0.3, -0.25) is 9.59 Å². The van der Waals surface area contributed by atoms with E-state index in [0.29, 0.717) is 40.0 Å². The lowest BCUT2D eigenvalue weighted by atomic mass is 9.86. The van der Waals surface area contributed by atoms with E-state index in [1.807, 2.05) is 30.3 Å². The van der Waals surface area contributed by atoms with E-state index >= 15 is 0 Å². The molecule has 2 aromatic rings. The van der Waals surface area contributed by atoms with Crippen LogP contribution in [0, 0.1) is 11.3 Å². The molecule has 0 aromatic heterocycles. The Kier molecular flexibility index (Phi) is 8.22. The second-order valence-electron chi connectivity index (χ2n) is 7.17. The number of allylic oxidation sites excluding steroid dienone is 1. The van der Waals surface area contributed by atoms with Crippen molar-refractivity contribution < 1.29 is 23.8 Å². The van der Waals surface area contributed by atoms with Crippen LogP contribution in [-0.2, 0) is 16.1 Å². The molecule has 0 radical (unpaired) electrons. The van der Waals surface area contributed by atoms with Crippen LogP contribution in [0.2, 0.25) is 0 Å². The molecule has 9 heteroatoms. The van der Waals surface area contributed by atoms with Crippen molar-refractivity contribution in [3.63, 3.8) is 0 Å². The molecular formula is C24H25N3O5S. The molecular weight excluding hydrogens is 442 g/mol. The van der Waals surface area contributed by atoms with Crippen molar-refractivity contribution in [3.05, 3.63) is 64.2 Å². The molecule has 8 nitrogen and oxygen atoms in total. The molecule has 1 heterocycles. The number of nitrogens with one attached hydrogen (secondary N) is 2. The smallest absolute Gasteiger partial charge is 0.230 e. The van der Waals surface area contributed by atoms with Gasteiger partial charge in [-0.05, 0) is 23.3 Å². The topological polar surface area (TPSA) is 110 Å². The van der Waals surface area contributed by atoms with Crippen molar-refractivity contribution in [2.24, 2.45) is 0 Å². The van der Waals surface area contributed by atoms with Gasteiger partial charge >= 0.3 is 0 Å². The van der Waals surface area contributed by atoms with Crippen LogP contribution in [0.1, 0.15) is 23.5 Å². The minimum absolute atomic E-state index is 0.0651. The van der Waals surface area contributed by atoms with Gasteiger partial charge in [-0.25, -0.2) is 0 Å². The van der Waals surface area contributed by atoms with Crippen molar-refractivity contribution in [1.29, 1.82) is 5.26 Å². The number of nitrogens with zero attached hydrogens (tertiary/aromatic N) is 1. The Bertz CT molecular complexity index is 1070. The molecule has 2 aromatic carbocycles. The number of carbonyl (C=O) groups is 2. The lowest BCUT2D eigenvalue weighted by molar-refractivity contribution is -0.121. The highest BCUT2D eigenvalue weighted by molar-refractivity contribution is 8.03. The number of amides is 2. The molecule has 0 saturated carbocycles. The van der Waals surface area contributed by atoms with Crippen LogP contribution in [0.4, 0.5) is 0 Å². The van der Waals surface area contributed by atoms with Crippen molar-refractivity contribution in [1.82, 2.24) is 10.6 Å². The van der Waals surface area contributed by atoms with Gasteiger partial charge in [0.2, 0.25) is 17.6 Å². The van der Waals surface area contributed by atoms with Gasteiger partial charge in [-0.15, -0.1) is 0 Å². The maximum atomic E-state index is 12.5. The highest BCUT2D eigenvalue weighted by Gasteiger charge is 2.31. The number of hydrogen-bond acceptors (Lipinski definition) is 7. The molecule has 1 aliphatic rings. The number of rotatable bonds is 9. The number of hydrogen-bond donors (Lipinski definition) is 2. The average molecular weight is 468 g/mol. The lowest BCUT2D eigenvalue weighted by Gasteiger charge is -2.26. The first-order valence-electron chi connectivity index (χ1n) is 10.2. The molecule has 1 unspecified atom stereocenters. The summed E-state index contributed by atoms with van der Waals surface area (Å²) in [7, 11) is 4.52. The molecule has 1 aliphatic heterocycles. The molecule has 0 saturated heterocycles. The summed E-state index contributed by atoms with van der Waals surface area (Å²) < 4.78 is 16.2. The minimum Gasteiger partial charge on any atom is -0.493 e. The first-order chi connectivity index (χ1) is 16.0. The fraction of sp³-hybridized carbons (Fsp3) is 0.292. The average Bonchev–Trinajstić information content (AvgIpc) is 2.85. The fourth-order valence-corrected chi connectivity index (χ4v) is 4.41. The molecule has 0 bridgehead atoms. The number of carbonyl (C=O) groups excluding carboxylic acids is 2. The van der Waals surface area contributed by atoms with E-state index in [-0.39, 0.29) is 24.0 Å². The van der Waals surface area contributed by atoms with Crippen LogP contribution in [0.5, 0.6) is 17.2 Å². The maximum absolute atomic E-state index is 12.5. The van der Waals surface area contributed by atoms with Gasteiger partial charge in [0.15, 0.2) is 11.5 Å². The van der Waals surface area contributed by atoms with Crippen LogP contribution in [-0.4, -0.2) is 38.9 Å². The molecule has 3 rings (SSSR count). The number of methoxy groups -OCH3 is 3. The normalized spacial score (nSPS) is 15.3. The van der Waals surface area contributed by atoms with E-state index < -0.39 is 5.92 Å². The quantitative estimate of drug-likeness (QED) is 0.583. The number of thioether (sulfide) groups is 1. The molecule has 172 valence electrons. The van der Waals surface area contributed by atoms with E-state index in [1.165, 1.54) is 21.3 Å². The predicted molar refractivity (Wildman–Crippen MR) is 125 cm³/mol. The standard InChI is InChI=1S/C24H25N3O5S/c1-30-19-9-16(10-20(31-2)23(19)32-3)17-11-21(28)27-24(18(17)12-25)33-14-22(29)26-13-15-7-5-4-6-8-15/h4-10,17H,11,13-14H2,1-3H3,(H,26,29)(H,27,28). The first-order valence-corrected chi connectivity index (χ1v) is 11.2. The molecule has 0 aliphatic carbocycles. The van der Waals surface area contributed by atoms with E-state index in [2.05, 4.69) is 16.7 Å². The van der Waals surface area contributed by atoms with Gasteiger partial charge in [0.05, 0.1) is 43.8 Å². The molecule has 0 fully saturated rings. The summed E-state index contributed by atoms with van der Waals surface area (Å²) in [6, 6.07) is 15.2. The van der Waals surface area contributed by atoms with Crippen molar-refractivity contribution in [2.75, 3.05) is 27.1 Å². The first kappa shape index (κ1) is 24.0. The third-order valence-corrected chi connectivity index (χ3v) is 6.14. The van der Waals surface area contributed by atoms with Crippen molar-refractivity contribution in [2.45, 2.75) is 18.9 Å². The van der Waals surface area contributed by atoms with Gasteiger partial charge in [0.25, 0.3) is 0 Å². The molecule has 2 amide bonds. The Morgan fingerprint density at radius 3 is 2.39 bits per heavy atom. The highest BCUT2D eigenvalue weighted by Crippen LogP contribution is 2.44. The summed E-state index contributed by atoms with van der Waals surface area (Å²) in [6.45, 7) is 0.408. The van der Waals surface area contributed by atoms with Crippen molar-refractivity contribution >= 4 is 23.6 Å². The summed E-state index contributed by atoms with van der Waals surface area (Å²) in [4.78, 5) is 24.8. The Hall–Kier alpha value is -3.64. The third kappa shape index (κ3) is 5.79. The van der Waals surface area contributed by atoms with Gasteiger partial charge in [-0.2, -0.15) is 5.26 Å². The van der Waals surface area contributed by atoms with E-state index in [0.717, 1.165) is 17.3 Å². The molecule has 33 heavy (non-hydrogen) atoms. The fourth-order valence-electron chi connectivity index (χ4n) is 3.51. The zero-order chi connectivity index (χ0) is 23.8. The van der Waals surface area contributed by atoms with Crippen LogP contribution in [0.15, 0.2) is 53.1 Å². The number of nitriles is 1. The summed E-state index contributed by atoms with van der Waals surface area (Å²) in [5.41, 5.74) is 2.05. The van der Waals surface area contributed by atoms with Gasteiger partial charge in [0, 0.05) is 18.9 Å². The Morgan fingerprint density at radius 1 is 1.15 bits per heavy atom. The summed E-state index contributed by atoms with van der Waals surface area (Å²) in [6.07, 6.45) is 0.0891. The zero-order valence-corrected chi connectivity index (χ0v) is 19.5. The summed E-state index contributed by atoms with van der Waals surface area (Å²) in [5, 5.41) is 15.9. The van der Waals surface area contributed by atoms with Crippen molar-refractivity contribution in [3.8, 4) is 23.3 Å². The highest BCUT2D eigenvalue weighted by atomic mass is 32.2. The number of benzene rings is 2. The van der Waals surface area contributed by atoms with Crippen LogP contribution in [0.3, 0.4) is 0 Å². The summed E-state index contributed by atoms with van der Waals surface area (Å²) >= 11 is 1.13. The molecule has 0 spiro atoms. The van der Waals surface area contributed by atoms with E-state index in [4.69, 9.17) is 14.2 Å². The second-order valence-corrected chi connectivity index (χ2v) is 8.15. The Morgan fingerprint density at radius 2 is 1.82 bits per heavy atom. The van der Waals surface area contributed by atoms with Crippen LogP contribution >= 0.6 is 11.8 Å². The van der Waals surface area contributed by atoms with E-state index in [1.54, 1.807) is 12.1 Å². The third-order valence-electron chi connectivity index (χ3n) is 5.13. The maximum Gasteiger partial charge on any atom is 0.230 e. The second kappa shape index (κ2) is 11.3. The minimum atomic E-state index is -0.507. The van der Waals surface area contributed by atoms with E-state index in [9.17, 15) is 14.9 Å².